The van der Waals surface area contributed by atoms with Crippen LogP contribution in [0.3, 0.4) is 0 Å². The highest BCUT2D eigenvalue weighted by Crippen LogP contribution is 2.22. The van der Waals surface area contributed by atoms with Gasteiger partial charge in [0, 0.05) is 5.56 Å². The molecule has 0 aromatic heterocycles. The van der Waals surface area contributed by atoms with Gasteiger partial charge in [-0.3, -0.25) is 0 Å². The third-order valence-electron chi connectivity index (χ3n) is 1.45. The predicted octanol–water partition coefficient (Wildman–Crippen LogP) is 3.08. The van der Waals surface area contributed by atoms with Crippen LogP contribution in [0.2, 0.25) is 10.0 Å². The van der Waals surface area contributed by atoms with Gasteiger partial charge in [0.15, 0.2) is 0 Å². The van der Waals surface area contributed by atoms with E-state index in [-0.39, 0.29) is 0 Å². The van der Waals surface area contributed by atoms with Crippen LogP contribution in [0, 0.1) is 11.8 Å². The van der Waals surface area contributed by atoms with E-state index in [1.165, 1.54) is 0 Å². The average Bonchev–Trinajstić information content (AvgIpc) is 2.06. The van der Waals surface area contributed by atoms with Crippen molar-refractivity contribution in [2.45, 2.75) is 19.4 Å². The van der Waals surface area contributed by atoms with Crippen molar-refractivity contribution in [1.29, 1.82) is 0 Å². The summed E-state index contributed by atoms with van der Waals surface area (Å²) >= 11 is 11.6. The molecule has 0 amide bonds. The summed E-state index contributed by atoms with van der Waals surface area (Å²) in [6, 6.07) is 5.26. The fraction of sp³-hybridized carbons (Fsp3) is 0.273. The molecule has 1 rings (SSSR count). The lowest BCUT2D eigenvalue weighted by molar-refractivity contribution is 0.680. The Kier molecular flexibility index (Phi) is 3.44. The first-order chi connectivity index (χ1) is 6.38. The maximum atomic E-state index is 5.83. The van der Waals surface area contributed by atoms with Gasteiger partial charge in [-0.25, -0.2) is 0 Å². The number of hydrogen-bond donors (Lipinski definition) is 1. The molecule has 14 heavy (non-hydrogen) atoms. The third-order valence-corrected chi connectivity index (χ3v) is 2.19. The summed E-state index contributed by atoms with van der Waals surface area (Å²) < 4.78 is 0. The van der Waals surface area contributed by atoms with Gasteiger partial charge in [-0.05, 0) is 32.0 Å². The second-order valence-corrected chi connectivity index (χ2v) is 4.41. The Morgan fingerprint density at radius 2 is 1.86 bits per heavy atom. The minimum atomic E-state index is -0.494. The molecule has 1 nitrogen and oxygen atoms in total. The summed E-state index contributed by atoms with van der Waals surface area (Å²) in [7, 11) is 0. The Morgan fingerprint density at radius 1 is 1.21 bits per heavy atom. The molecule has 3 heteroatoms. The van der Waals surface area contributed by atoms with Gasteiger partial charge in [-0.1, -0.05) is 35.0 Å². The number of hydrogen-bond acceptors (Lipinski definition) is 1. The van der Waals surface area contributed by atoms with E-state index in [9.17, 15) is 0 Å². The number of rotatable bonds is 0. The molecular weight excluding hydrogens is 217 g/mol. The zero-order valence-corrected chi connectivity index (χ0v) is 9.58. The minimum absolute atomic E-state index is 0.494. The van der Waals surface area contributed by atoms with Crippen LogP contribution in [0.1, 0.15) is 19.4 Å². The van der Waals surface area contributed by atoms with Gasteiger partial charge in [0.05, 0.1) is 15.6 Å². The van der Waals surface area contributed by atoms with Crippen molar-refractivity contribution in [3.05, 3.63) is 33.8 Å². The van der Waals surface area contributed by atoms with Gasteiger partial charge in [0.2, 0.25) is 0 Å². The number of benzene rings is 1. The predicted molar refractivity (Wildman–Crippen MR) is 61.6 cm³/mol. The van der Waals surface area contributed by atoms with E-state index in [0.717, 1.165) is 5.56 Å². The molecule has 1 aromatic carbocycles. The number of halogens is 2. The second-order valence-electron chi connectivity index (χ2n) is 3.60. The van der Waals surface area contributed by atoms with Crippen LogP contribution in [-0.2, 0) is 0 Å². The Morgan fingerprint density at radius 3 is 2.36 bits per heavy atom. The SMILES string of the molecule is CC(C)(N)C#Cc1ccc(Cl)c(Cl)c1. The molecule has 0 atom stereocenters. The van der Waals surface area contributed by atoms with Crippen LogP contribution in [0.5, 0.6) is 0 Å². The van der Waals surface area contributed by atoms with Gasteiger partial charge < -0.3 is 5.73 Å². The molecule has 0 saturated heterocycles. The van der Waals surface area contributed by atoms with E-state index in [1.807, 2.05) is 19.9 Å². The fourth-order valence-corrected chi connectivity index (χ4v) is 1.11. The summed E-state index contributed by atoms with van der Waals surface area (Å²) in [6.07, 6.45) is 0. The van der Waals surface area contributed by atoms with Crippen LogP contribution in [0.15, 0.2) is 18.2 Å². The summed E-state index contributed by atoms with van der Waals surface area (Å²) in [5.74, 6) is 5.85. The smallest absolute Gasteiger partial charge is 0.0722 e. The van der Waals surface area contributed by atoms with E-state index < -0.39 is 5.54 Å². The van der Waals surface area contributed by atoms with Gasteiger partial charge >= 0.3 is 0 Å². The minimum Gasteiger partial charge on any atom is -0.316 e. The van der Waals surface area contributed by atoms with Gasteiger partial charge in [-0.2, -0.15) is 0 Å². The molecule has 74 valence electrons. The molecular formula is C11H11Cl2N. The van der Waals surface area contributed by atoms with Crippen molar-refractivity contribution in [1.82, 2.24) is 0 Å². The van der Waals surface area contributed by atoms with Crippen molar-refractivity contribution in [3.8, 4) is 11.8 Å². The van der Waals surface area contributed by atoms with Crippen LogP contribution in [-0.4, -0.2) is 5.54 Å². The monoisotopic (exact) mass is 227 g/mol. The zero-order valence-electron chi connectivity index (χ0n) is 8.07. The molecule has 0 heterocycles. The first-order valence-electron chi connectivity index (χ1n) is 4.15. The molecule has 0 saturated carbocycles. The molecule has 0 unspecified atom stereocenters. The van der Waals surface area contributed by atoms with Crippen molar-refractivity contribution in [3.63, 3.8) is 0 Å². The molecule has 2 N–H and O–H groups in total. The van der Waals surface area contributed by atoms with E-state index in [4.69, 9.17) is 28.9 Å². The van der Waals surface area contributed by atoms with Crippen LogP contribution >= 0.6 is 23.2 Å². The highest BCUT2D eigenvalue weighted by Gasteiger charge is 2.04. The highest BCUT2D eigenvalue weighted by atomic mass is 35.5. The maximum Gasteiger partial charge on any atom is 0.0722 e. The summed E-state index contributed by atoms with van der Waals surface area (Å²) in [6.45, 7) is 3.69. The topological polar surface area (TPSA) is 26.0 Å². The van der Waals surface area contributed by atoms with Gasteiger partial charge in [0.25, 0.3) is 0 Å². The van der Waals surface area contributed by atoms with Gasteiger partial charge in [0.1, 0.15) is 0 Å². The maximum absolute atomic E-state index is 5.83. The molecule has 0 spiro atoms. The standard InChI is InChI=1S/C11H11Cl2N/c1-11(2,14)6-5-8-3-4-9(12)10(13)7-8/h3-4,7H,14H2,1-2H3. The third kappa shape index (κ3) is 3.59. The lowest BCUT2D eigenvalue weighted by atomic mass is 10.1. The van der Waals surface area contributed by atoms with E-state index in [0.29, 0.717) is 10.0 Å². The Labute approximate surface area is 94.2 Å². The Balaban J connectivity index is 2.98. The largest absolute Gasteiger partial charge is 0.316 e. The van der Waals surface area contributed by atoms with Crippen molar-refractivity contribution in [2.75, 3.05) is 0 Å². The molecule has 0 aliphatic carbocycles. The first-order valence-corrected chi connectivity index (χ1v) is 4.91. The van der Waals surface area contributed by atoms with Crippen LogP contribution in [0.4, 0.5) is 0 Å². The molecule has 0 radical (unpaired) electrons. The zero-order chi connectivity index (χ0) is 10.8. The normalized spacial score (nSPS) is 10.6. The Hall–Kier alpha value is -0.680. The average molecular weight is 228 g/mol. The van der Waals surface area contributed by atoms with Crippen LogP contribution in [0.25, 0.3) is 0 Å². The summed E-state index contributed by atoms with van der Waals surface area (Å²) in [4.78, 5) is 0. The van der Waals surface area contributed by atoms with E-state index in [1.54, 1.807) is 12.1 Å². The molecule has 0 aliphatic rings. The lowest BCUT2D eigenvalue weighted by Gasteiger charge is -2.07. The van der Waals surface area contributed by atoms with Gasteiger partial charge in [-0.15, -0.1) is 0 Å². The first kappa shape index (κ1) is 11.4. The molecule has 1 aromatic rings. The summed E-state index contributed by atoms with van der Waals surface area (Å²) in [5.41, 5.74) is 6.04. The van der Waals surface area contributed by atoms with Crippen LogP contribution < -0.4 is 5.73 Å². The Bertz CT molecular complexity index is 394. The summed E-state index contributed by atoms with van der Waals surface area (Å²) in [5, 5.41) is 1.04. The molecule has 0 fully saturated rings. The van der Waals surface area contributed by atoms with E-state index >= 15 is 0 Å². The molecule has 0 aliphatic heterocycles. The quantitative estimate of drug-likeness (QED) is 0.678. The number of nitrogens with two attached hydrogens (primary N) is 1. The highest BCUT2D eigenvalue weighted by molar-refractivity contribution is 6.42. The molecule has 0 bridgehead atoms. The van der Waals surface area contributed by atoms with Crippen molar-refractivity contribution in [2.24, 2.45) is 5.73 Å². The van der Waals surface area contributed by atoms with Crippen molar-refractivity contribution >= 4 is 23.2 Å². The lowest BCUT2D eigenvalue weighted by Crippen LogP contribution is -2.29. The second kappa shape index (κ2) is 4.23. The van der Waals surface area contributed by atoms with Crippen molar-refractivity contribution < 1.29 is 0 Å². The fourth-order valence-electron chi connectivity index (χ4n) is 0.807. The van der Waals surface area contributed by atoms with E-state index in [2.05, 4.69) is 11.8 Å².